The van der Waals surface area contributed by atoms with Crippen molar-refractivity contribution in [3.05, 3.63) is 35.4 Å². The van der Waals surface area contributed by atoms with Gasteiger partial charge in [0.2, 0.25) is 0 Å². The number of hydrogen-bond donors (Lipinski definition) is 2. The van der Waals surface area contributed by atoms with Gasteiger partial charge < -0.3 is 10.6 Å². The summed E-state index contributed by atoms with van der Waals surface area (Å²) in [5.74, 6) is 0.810. The van der Waals surface area contributed by atoms with Crippen LogP contribution >= 0.6 is 24.0 Å². The highest BCUT2D eigenvalue weighted by atomic mass is 127. The summed E-state index contributed by atoms with van der Waals surface area (Å²) in [6, 6.07) is 9.75. The van der Waals surface area contributed by atoms with E-state index in [1.54, 1.807) is 7.05 Å². The summed E-state index contributed by atoms with van der Waals surface area (Å²) in [4.78, 5) is 6.88. The zero-order valence-electron chi connectivity index (χ0n) is 15.5. The largest absolute Gasteiger partial charge is 0.355 e. The van der Waals surface area contributed by atoms with E-state index in [9.17, 15) is 0 Å². The van der Waals surface area contributed by atoms with Crippen LogP contribution in [-0.4, -0.2) is 43.1 Å². The molecule has 1 heterocycles. The molecule has 138 valence electrons. The lowest BCUT2D eigenvalue weighted by Gasteiger charge is -2.41. The van der Waals surface area contributed by atoms with Crippen LogP contribution in [0.5, 0.6) is 0 Å². The summed E-state index contributed by atoms with van der Waals surface area (Å²) in [5.41, 5.74) is 1.93. The molecule has 0 bridgehead atoms. The molecule has 1 aliphatic rings. The molecule has 0 atom stereocenters. The van der Waals surface area contributed by atoms with E-state index >= 15 is 0 Å². The predicted molar refractivity (Wildman–Crippen MR) is 114 cm³/mol. The molecule has 0 radical (unpaired) electrons. The Labute approximate surface area is 168 Å². The molecule has 2 N–H and O–H groups in total. The first-order valence-electron chi connectivity index (χ1n) is 8.74. The van der Waals surface area contributed by atoms with Gasteiger partial charge in [0.25, 0.3) is 0 Å². The van der Waals surface area contributed by atoms with Gasteiger partial charge in [0, 0.05) is 25.7 Å². The maximum Gasteiger partial charge on any atom is 0.191 e. The Morgan fingerprint density at radius 2 is 1.80 bits per heavy atom. The molecule has 0 saturated carbocycles. The first-order chi connectivity index (χ1) is 11.5. The van der Waals surface area contributed by atoms with E-state index in [1.165, 1.54) is 32.4 Å². The SMILES string of the molecule is CN=C(NCc1ccc(C#N)cc1)NCC(C)(C)N1CCCCC1.I. The van der Waals surface area contributed by atoms with Crippen LogP contribution in [0.15, 0.2) is 29.3 Å². The van der Waals surface area contributed by atoms with Crippen LogP contribution in [0.4, 0.5) is 0 Å². The van der Waals surface area contributed by atoms with E-state index in [-0.39, 0.29) is 29.5 Å². The second-order valence-electron chi connectivity index (χ2n) is 6.95. The fourth-order valence-electron chi connectivity index (χ4n) is 3.01. The number of hydrogen-bond acceptors (Lipinski definition) is 3. The Kier molecular flexibility index (Phi) is 9.22. The zero-order valence-corrected chi connectivity index (χ0v) is 17.8. The van der Waals surface area contributed by atoms with Crippen LogP contribution < -0.4 is 10.6 Å². The molecular formula is C19H30IN5. The van der Waals surface area contributed by atoms with Gasteiger partial charge in [-0.2, -0.15) is 5.26 Å². The molecule has 1 aliphatic heterocycles. The average molecular weight is 455 g/mol. The monoisotopic (exact) mass is 455 g/mol. The Balaban J connectivity index is 0.00000312. The molecule has 25 heavy (non-hydrogen) atoms. The number of aliphatic imine (C=N–C) groups is 1. The Morgan fingerprint density at radius 1 is 1.16 bits per heavy atom. The molecule has 0 aromatic heterocycles. The average Bonchev–Trinajstić information content (AvgIpc) is 2.63. The number of benzene rings is 1. The first kappa shape index (κ1) is 21.7. The molecule has 0 spiro atoms. The van der Waals surface area contributed by atoms with Crippen LogP contribution in [0.2, 0.25) is 0 Å². The molecule has 1 fully saturated rings. The van der Waals surface area contributed by atoms with Crippen molar-refractivity contribution in [2.24, 2.45) is 4.99 Å². The van der Waals surface area contributed by atoms with Crippen molar-refractivity contribution in [3.63, 3.8) is 0 Å². The lowest BCUT2D eigenvalue weighted by Crippen LogP contribution is -2.54. The number of nitriles is 1. The van der Waals surface area contributed by atoms with Crippen molar-refractivity contribution in [1.29, 1.82) is 5.26 Å². The Hall–Kier alpha value is -1.33. The molecule has 5 nitrogen and oxygen atoms in total. The van der Waals surface area contributed by atoms with Gasteiger partial charge in [0.1, 0.15) is 0 Å². The quantitative estimate of drug-likeness (QED) is 0.407. The minimum Gasteiger partial charge on any atom is -0.355 e. The van der Waals surface area contributed by atoms with Crippen molar-refractivity contribution in [1.82, 2.24) is 15.5 Å². The highest BCUT2D eigenvalue weighted by molar-refractivity contribution is 14.0. The van der Waals surface area contributed by atoms with Crippen LogP contribution in [0, 0.1) is 11.3 Å². The minimum atomic E-state index is 0. The normalized spacial score (nSPS) is 15.8. The van der Waals surface area contributed by atoms with Crippen molar-refractivity contribution in [2.45, 2.75) is 45.2 Å². The summed E-state index contributed by atoms with van der Waals surface area (Å²) in [5, 5.41) is 15.6. The third kappa shape index (κ3) is 6.83. The second-order valence-corrected chi connectivity index (χ2v) is 6.95. The summed E-state index contributed by atoms with van der Waals surface area (Å²) in [6.07, 6.45) is 3.96. The summed E-state index contributed by atoms with van der Waals surface area (Å²) < 4.78 is 0. The molecule has 1 aromatic carbocycles. The van der Waals surface area contributed by atoms with Crippen LogP contribution in [0.1, 0.15) is 44.2 Å². The lowest BCUT2D eigenvalue weighted by molar-refractivity contribution is 0.0982. The van der Waals surface area contributed by atoms with E-state index in [0.717, 1.165) is 18.1 Å². The standard InChI is InChI=1S/C19H29N5.HI/c1-19(2,24-11-5-4-6-12-24)15-23-18(21-3)22-14-17-9-7-16(13-20)8-10-17;/h7-10H,4-6,11-12,14-15H2,1-3H3,(H2,21,22,23);1H. The van der Waals surface area contributed by atoms with Gasteiger partial charge in [-0.05, 0) is 57.5 Å². The van der Waals surface area contributed by atoms with Gasteiger partial charge in [-0.3, -0.25) is 9.89 Å². The third-order valence-corrected chi connectivity index (χ3v) is 4.67. The topological polar surface area (TPSA) is 63.5 Å². The van der Waals surface area contributed by atoms with Gasteiger partial charge in [-0.15, -0.1) is 24.0 Å². The van der Waals surface area contributed by atoms with Crippen molar-refractivity contribution in [3.8, 4) is 6.07 Å². The highest BCUT2D eigenvalue weighted by Crippen LogP contribution is 2.19. The lowest BCUT2D eigenvalue weighted by atomic mass is 9.98. The van der Waals surface area contributed by atoms with Crippen molar-refractivity contribution < 1.29 is 0 Å². The number of piperidine rings is 1. The van der Waals surface area contributed by atoms with Crippen LogP contribution in [-0.2, 0) is 6.54 Å². The number of nitrogens with zero attached hydrogens (tertiary/aromatic N) is 3. The fraction of sp³-hybridized carbons (Fsp3) is 0.579. The number of likely N-dealkylation sites (tertiary alicyclic amines) is 1. The zero-order chi connectivity index (χ0) is 17.4. The number of guanidine groups is 1. The molecule has 6 heteroatoms. The maximum absolute atomic E-state index is 8.84. The van der Waals surface area contributed by atoms with Gasteiger partial charge in [0.05, 0.1) is 11.6 Å². The number of halogens is 1. The number of rotatable bonds is 5. The van der Waals surface area contributed by atoms with Gasteiger partial charge >= 0.3 is 0 Å². The first-order valence-corrected chi connectivity index (χ1v) is 8.74. The smallest absolute Gasteiger partial charge is 0.191 e. The predicted octanol–water partition coefficient (Wildman–Crippen LogP) is 3.11. The molecule has 0 aliphatic carbocycles. The van der Waals surface area contributed by atoms with Crippen LogP contribution in [0.25, 0.3) is 0 Å². The van der Waals surface area contributed by atoms with Crippen LogP contribution in [0.3, 0.4) is 0 Å². The highest BCUT2D eigenvalue weighted by Gasteiger charge is 2.27. The molecule has 2 rings (SSSR count). The van der Waals surface area contributed by atoms with Gasteiger partial charge in [0.15, 0.2) is 5.96 Å². The van der Waals surface area contributed by atoms with E-state index in [1.807, 2.05) is 24.3 Å². The Bertz CT molecular complexity index is 583. The third-order valence-electron chi connectivity index (χ3n) is 4.67. The summed E-state index contributed by atoms with van der Waals surface area (Å²) in [6.45, 7) is 8.51. The maximum atomic E-state index is 8.84. The minimum absolute atomic E-state index is 0. The Morgan fingerprint density at radius 3 is 2.36 bits per heavy atom. The fourth-order valence-corrected chi connectivity index (χ4v) is 3.01. The molecular weight excluding hydrogens is 425 g/mol. The summed E-state index contributed by atoms with van der Waals surface area (Å²) in [7, 11) is 1.79. The van der Waals surface area contributed by atoms with E-state index in [0.29, 0.717) is 12.1 Å². The van der Waals surface area contributed by atoms with Gasteiger partial charge in [-0.1, -0.05) is 18.6 Å². The van der Waals surface area contributed by atoms with E-state index < -0.39 is 0 Å². The molecule has 0 amide bonds. The molecule has 1 saturated heterocycles. The molecule has 1 aromatic rings. The second kappa shape index (κ2) is 10.6. The summed E-state index contributed by atoms with van der Waals surface area (Å²) >= 11 is 0. The molecule has 0 unspecified atom stereocenters. The van der Waals surface area contributed by atoms with Crippen molar-refractivity contribution in [2.75, 3.05) is 26.7 Å². The van der Waals surface area contributed by atoms with E-state index in [2.05, 4.69) is 40.4 Å². The number of nitrogens with one attached hydrogen (secondary N) is 2. The van der Waals surface area contributed by atoms with E-state index in [4.69, 9.17) is 5.26 Å². The van der Waals surface area contributed by atoms with Gasteiger partial charge in [-0.25, -0.2) is 0 Å². The van der Waals surface area contributed by atoms with Crippen molar-refractivity contribution >= 4 is 29.9 Å².